The standard InChI is InChI=1S/C34H36F6O3/c1-2-3-4-5-21-19-41-33(42-20-21)24-9-14-28(31(37)17-24)23-8-13-27(30(36)16-23)22-6-10-25(11-7-22)34(39,40)43-26-12-15-29(35)32(38)18-26/h8-9,12-18,21-22,25,33H,2-7,10-11,19-20H2,1H3. The number of ether oxygens (including phenoxy) is 3. The molecule has 3 aromatic carbocycles. The van der Waals surface area contributed by atoms with Crippen molar-refractivity contribution in [3.8, 4) is 16.9 Å². The Labute approximate surface area is 248 Å². The van der Waals surface area contributed by atoms with Crippen LogP contribution in [0.15, 0.2) is 54.6 Å². The minimum Gasteiger partial charge on any atom is -0.432 e. The van der Waals surface area contributed by atoms with E-state index in [2.05, 4.69) is 6.92 Å². The second-order valence-electron chi connectivity index (χ2n) is 11.6. The van der Waals surface area contributed by atoms with Crippen molar-refractivity contribution < 1.29 is 40.6 Å². The van der Waals surface area contributed by atoms with Gasteiger partial charge in [0.25, 0.3) is 0 Å². The first-order valence-corrected chi connectivity index (χ1v) is 15.0. The molecule has 2 fully saturated rings. The van der Waals surface area contributed by atoms with E-state index in [0.717, 1.165) is 31.4 Å². The first-order chi connectivity index (χ1) is 20.6. The fourth-order valence-corrected chi connectivity index (χ4v) is 6.04. The fraction of sp³-hybridized carbons (Fsp3) is 0.471. The van der Waals surface area contributed by atoms with Crippen molar-refractivity contribution in [2.75, 3.05) is 13.2 Å². The maximum absolute atomic E-state index is 15.3. The lowest BCUT2D eigenvalue weighted by Gasteiger charge is -2.33. The van der Waals surface area contributed by atoms with Crippen molar-refractivity contribution >= 4 is 0 Å². The lowest BCUT2D eigenvalue weighted by molar-refractivity contribution is -0.222. The van der Waals surface area contributed by atoms with Gasteiger partial charge in [0.1, 0.15) is 17.4 Å². The van der Waals surface area contributed by atoms with E-state index < -0.39 is 47.3 Å². The summed E-state index contributed by atoms with van der Waals surface area (Å²) in [5.74, 6) is -5.05. The predicted molar refractivity (Wildman–Crippen MR) is 151 cm³/mol. The largest absolute Gasteiger partial charge is 0.432 e. The number of unbranched alkanes of at least 4 members (excludes halogenated alkanes) is 2. The SMILES string of the molecule is CCCCCC1COC(c2ccc(-c3ccc(C4CCC(C(F)(F)Oc5ccc(F)c(F)c5)CC4)c(F)c3)c(F)c2)OC1. The van der Waals surface area contributed by atoms with Crippen molar-refractivity contribution in [1.29, 1.82) is 0 Å². The molecule has 3 nitrogen and oxygen atoms in total. The Bertz CT molecular complexity index is 1380. The molecule has 3 aromatic rings. The van der Waals surface area contributed by atoms with Crippen molar-refractivity contribution in [3.05, 3.63) is 89.0 Å². The van der Waals surface area contributed by atoms with Gasteiger partial charge in [0.15, 0.2) is 17.9 Å². The zero-order chi connectivity index (χ0) is 30.6. The molecule has 0 amide bonds. The highest BCUT2D eigenvalue weighted by Gasteiger charge is 2.44. The van der Waals surface area contributed by atoms with Crippen molar-refractivity contribution in [2.24, 2.45) is 11.8 Å². The first-order valence-electron chi connectivity index (χ1n) is 15.0. The van der Waals surface area contributed by atoms with E-state index in [9.17, 15) is 17.6 Å². The second kappa shape index (κ2) is 13.7. The molecule has 2 aliphatic rings. The fourth-order valence-electron chi connectivity index (χ4n) is 6.04. The van der Waals surface area contributed by atoms with Gasteiger partial charge in [0.05, 0.1) is 19.1 Å². The molecule has 1 heterocycles. The molecule has 0 atom stereocenters. The molecule has 1 saturated carbocycles. The van der Waals surface area contributed by atoms with E-state index in [4.69, 9.17) is 14.2 Å². The van der Waals surface area contributed by atoms with Crippen molar-refractivity contribution in [1.82, 2.24) is 0 Å². The number of alkyl halides is 2. The van der Waals surface area contributed by atoms with Crippen LogP contribution in [0.1, 0.15) is 81.6 Å². The van der Waals surface area contributed by atoms with Gasteiger partial charge in [0.2, 0.25) is 0 Å². The van der Waals surface area contributed by atoms with E-state index in [1.807, 2.05) is 0 Å². The molecule has 1 saturated heterocycles. The summed E-state index contributed by atoms with van der Waals surface area (Å²) in [5.41, 5.74) is 1.56. The number of rotatable bonds is 10. The summed E-state index contributed by atoms with van der Waals surface area (Å²) in [6.45, 7) is 3.28. The Kier molecular flexibility index (Phi) is 10.0. The molecule has 0 unspecified atom stereocenters. The molecule has 0 N–H and O–H groups in total. The molecule has 232 valence electrons. The Hall–Kier alpha value is -3.04. The van der Waals surface area contributed by atoms with E-state index in [1.165, 1.54) is 18.6 Å². The highest BCUT2D eigenvalue weighted by molar-refractivity contribution is 5.65. The van der Waals surface area contributed by atoms with E-state index in [0.29, 0.717) is 54.7 Å². The highest BCUT2D eigenvalue weighted by atomic mass is 19.3. The number of benzene rings is 3. The molecule has 43 heavy (non-hydrogen) atoms. The monoisotopic (exact) mass is 606 g/mol. The summed E-state index contributed by atoms with van der Waals surface area (Å²) in [5, 5.41) is 0. The number of halogens is 6. The normalized spacial score (nSPS) is 22.9. The summed E-state index contributed by atoms with van der Waals surface area (Å²) in [4.78, 5) is 0. The molecule has 0 spiro atoms. The molecule has 0 aromatic heterocycles. The average Bonchev–Trinajstić information content (AvgIpc) is 2.99. The minimum absolute atomic E-state index is 0.0589. The second-order valence-corrected chi connectivity index (χ2v) is 11.6. The van der Waals surface area contributed by atoms with Gasteiger partial charge < -0.3 is 14.2 Å². The van der Waals surface area contributed by atoms with Crippen LogP contribution >= 0.6 is 0 Å². The Morgan fingerprint density at radius 1 is 0.767 bits per heavy atom. The quantitative estimate of drug-likeness (QED) is 0.170. The zero-order valence-electron chi connectivity index (χ0n) is 24.1. The van der Waals surface area contributed by atoms with Crippen molar-refractivity contribution in [2.45, 2.75) is 76.6 Å². The van der Waals surface area contributed by atoms with Crippen LogP contribution in [0.25, 0.3) is 11.1 Å². The molecule has 1 aliphatic carbocycles. The smallest absolute Gasteiger partial charge is 0.400 e. The van der Waals surface area contributed by atoms with Crippen LogP contribution in [0.2, 0.25) is 0 Å². The Balaban J connectivity index is 1.18. The van der Waals surface area contributed by atoms with Gasteiger partial charge in [-0.05, 0) is 73.4 Å². The van der Waals surface area contributed by atoms with Crippen LogP contribution in [0.4, 0.5) is 26.3 Å². The van der Waals surface area contributed by atoms with Crippen LogP contribution in [-0.2, 0) is 9.47 Å². The number of hydrogen-bond acceptors (Lipinski definition) is 3. The summed E-state index contributed by atoms with van der Waals surface area (Å²) in [6, 6.07) is 11.4. The molecule has 5 rings (SSSR count). The maximum Gasteiger partial charge on any atom is 0.400 e. The predicted octanol–water partition coefficient (Wildman–Crippen LogP) is 10.1. The van der Waals surface area contributed by atoms with Gasteiger partial charge in [0, 0.05) is 23.1 Å². The molecular weight excluding hydrogens is 570 g/mol. The van der Waals surface area contributed by atoms with Crippen molar-refractivity contribution in [3.63, 3.8) is 0 Å². The molecule has 0 bridgehead atoms. The molecule has 9 heteroatoms. The Morgan fingerprint density at radius 2 is 1.51 bits per heavy atom. The first kappa shape index (κ1) is 31.4. The molecule has 0 radical (unpaired) electrons. The summed E-state index contributed by atoms with van der Waals surface area (Å²) in [6.07, 6.45) is 0.965. The van der Waals surface area contributed by atoms with Gasteiger partial charge >= 0.3 is 6.11 Å². The Morgan fingerprint density at radius 3 is 2.16 bits per heavy atom. The summed E-state index contributed by atoms with van der Waals surface area (Å²) in [7, 11) is 0. The number of hydrogen-bond donors (Lipinski definition) is 0. The van der Waals surface area contributed by atoms with Gasteiger partial charge in [-0.15, -0.1) is 0 Å². The average molecular weight is 607 g/mol. The van der Waals surface area contributed by atoms with E-state index in [1.54, 1.807) is 24.3 Å². The van der Waals surface area contributed by atoms with Gasteiger partial charge in [-0.25, -0.2) is 17.6 Å². The van der Waals surface area contributed by atoms with Crippen LogP contribution in [-0.4, -0.2) is 19.3 Å². The minimum atomic E-state index is -3.59. The van der Waals surface area contributed by atoms with Gasteiger partial charge in [-0.3, -0.25) is 0 Å². The third-order valence-corrected chi connectivity index (χ3v) is 8.55. The van der Waals surface area contributed by atoms with E-state index >= 15 is 8.78 Å². The maximum atomic E-state index is 15.3. The summed E-state index contributed by atoms with van der Waals surface area (Å²) < 4.78 is 103. The summed E-state index contributed by atoms with van der Waals surface area (Å²) >= 11 is 0. The molecular formula is C34H36F6O3. The van der Waals surface area contributed by atoms with E-state index in [-0.39, 0.29) is 24.3 Å². The topological polar surface area (TPSA) is 27.7 Å². The molecule has 1 aliphatic heterocycles. The lowest BCUT2D eigenvalue weighted by Crippen LogP contribution is -2.37. The zero-order valence-corrected chi connectivity index (χ0v) is 24.1. The lowest BCUT2D eigenvalue weighted by atomic mass is 9.77. The van der Waals surface area contributed by atoms with Gasteiger partial charge in [-0.1, -0.05) is 50.5 Å². The van der Waals surface area contributed by atoms with Crippen LogP contribution in [0, 0.1) is 35.1 Å². The van der Waals surface area contributed by atoms with Crippen LogP contribution in [0.5, 0.6) is 5.75 Å². The van der Waals surface area contributed by atoms with Crippen LogP contribution in [0.3, 0.4) is 0 Å². The van der Waals surface area contributed by atoms with Gasteiger partial charge in [-0.2, -0.15) is 8.78 Å². The third kappa shape index (κ3) is 7.55. The highest BCUT2D eigenvalue weighted by Crippen LogP contribution is 2.44. The van der Waals surface area contributed by atoms with Crippen LogP contribution < -0.4 is 4.74 Å². The third-order valence-electron chi connectivity index (χ3n) is 8.55.